The monoisotopic (exact) mass is 741 g/mol. The minimum atomic E-state index is 0.580. The molecule has 0 N–H and O–H groups in total. The number of hydrogen-bond acceptors (Lipinski definition) is 5. The lowest BCUT2D eigenvalue weighted by Crippen LogP contribution is -2.00. The SMILES string of the molecule is c1ccc(-c2nc(-c3ccc(-c4cccc5c4oc4ccccc45)cc3)nc(-c3cccc4oc5ccc(-c6ccc7c(ccc8ccccc87)c6)cc5c34)n2)cc1. The molecule has 270 valence electrons. The molecule has 0 aliphatic carbocycles. The summed E-state index contributed by atoms with van der Waals surface area (Å²) in [6, 6.07) is 65.2. The Morgan fingerprint density at radius 1 is 0.293 bits per heavy atom. The first kappa shape index (κ1) is 32.4. The Hall–Kier alpha value is -7.89. The van der Waals surface area contributed by atoms with Crippen molar-refractivity contribution in [1.29, 1.82) is 0 Å². The summed E-state index contributed by atoms with van der Waals surface area (Å²) >= 11 is 0. The van der Waals surface area contributed by atoms with Crippen molar-refractivity contribution in [2.24, 2.45) is 0 Å². The summed E-state index contributed by atoms with van der Waals surface area (Å²) < 4.78 is 12.8. The van der Waals surface area contributed by atoms with Crippen molar-refractivity contribution in [2.75, 3.05) is 0 Å². The molecule has 3 aromatic heterocycles. The topological polar surface area (TPSA) is 65.0 Å². The van der Waals surface area contributed by atoms with Gasteiger partial charge in [-0.15, -0.1) is 0 Å². The summed E-state index contributed by atoms with van der Waals surface area (Å²) in [5, 5.41) is 9.15. The maximum atomic E-state index is 6.48. The Labute approximate surface area is 332 Å². The summed E-state index contributed by atoms with van der Waals surface area (Å²) in [5.74, 6) is 1.77. The third-order valence-electron chi connectivity index (χ3n) is 11.3. The number of aromatic nitrogens is 3. The molecule has 0 bridgehead atoms. The maximum Gasteiger partial charge on any atom is 0.164 e. The van der Waals surface area contributed by atoms with Crippen LogP contribution in [0.25, 0.3) is 122 Å². The van der Waals surface area contributed by atoms with E-state index < -0.39 is 0 Å². The van der Waals surface area contributed by atoms with Crippen LogP contribution in [0.1, 0.15) is 0 Å². The van der Waals surface area contributed by atoms with Crippen molar-refractivity contribution in [3.8, 4) is 56.4 Å². The van der Waals surface area contributed by atoms with E-state index in [1.54, 1.807) is 0 Å². The van der Waals surface area contributed by atoms with Gasteiger partial charge in [-0.3, -0.25) is 0 Å². The molecule has 0 fully saturated rings. The van der Waals surface area contributed by atoms with Gasteiger partial charge in [0.1, 0.15) is 22.3 Å². The second-order valence-corrected chi connectivity index (χ2v) is 14.7. The molecule has 0 aliphatic rings. The standard InChI is InChI=1S/C53H31N3O2/c1-2-11-34(12-3-1)51-54-52(35-23-20-33(21-24-35)41-15-8-16-43-42-14-6-7-18-46(42)58-50(41)43)56-53(55-51)44-17-9-19-48-49(44)45-31-37(27-29-47(45)57-48)36-26-28-40-38(30-36)25-22-32-10-4-5-13-39(32)40/h1-31H. The number of nitrogens with zero attached hydrogens (tertiary/aromatic N) is 3. The quantitative estimate of drug-likeness (QED) is 0.164. The molecule has 0 amide bonds. The van der Waals surface area contributed by atoms with Gasteiger partial charge in [-0.25, -0.2) is 15.0 Å². The highest BCUT2D eigenvalue weighted by molar-refractivity contribution is 6.14. The van der Waals surface area contributed by atoms with Crippen LogP contribution >= 0.6 is 0 Å². The summed E-state index contributed by atoms with van der Waals surface area (Å²) in [4.78, 5) is 15.3. The number of hydrogen-bond donors (Lipinski definition) is 0. The third kappa shape index (κ3) is 5.21. The minimum absolute atomic E-state index is 0.580. The molecule has 5 nitrogen and oxygen atoms in total. The normalized spacial score (nSPS) is 11.8. The molecular formula is C53H31N3O2. The Balaban J connectivity index is 0.988. The predicted molar refractivity (Wildman–Crippen MR) is 237 cm³/mol. The van der Waals surface area contributed by atoms with Gasteiger partial charge in [-0.2, -0.15) is 0 Å². The molecule has 0 radical (unpaired) electrons. The molecular weight excluding hydrogens is 711 g/mol. The Kier molecular flexibility index (Phi) is 7.16. The van der Waals surface area contributed by atoms with Crippen LogP contribution in [-0.2, 0) is 0 Å². The summed E-state index contributed by atoms with van der Waals surface area (Å²) in [6.07, 6.45) is 0. The fraction of sp³-hybridized carbons (Fsp3) is 0. The lowest BCUT2D eigenvalue weighted by Gasteiger charge is -2.10. The molecule has 12 rings (SSSR count). The van der Waals surface area contributed by atoms with Crippen LogP contribution in [0.4, 0.5) is 0 Å². The molecule has 0 aliphatic heterocycles. The van der Waals surface area contributed by atoms with Gasteiger partial charge in [0.25, 0.3) is 0 Å². The van der Waals surface area contributed by atoms with Crippen LogP contribution in [0.5, 0.6) is 0 Å². The van der Waals surface area contributed by atoms with E-state index in [9.17, 15) is 0 Å². The van der Waals surface area contributed by atoms with Crippen molar-refractivity contribution >= 4 is 65.4 Å². The number of furan rings is 2. The predicted octanol–water partition coefficient (Wildman–Crippen LogP) is 14.3. The zero-order valence-electron chi connectivity index (χ0n) is 31.1. The van der Waals surface area contributed by atoms with Gasteiger partial charge in [0.2, 0.25) is 0 Å². The fourth-order valence-electron chi connectivity index (χ4n) is 8.50. The Morgan fingerprint density at radius 3 is 1.76 bits per heavy atom. The van der Waals surface area contributed by atoms with Crippen LogP contribution in [0.15, 0.2) is 197 Å². The third-order valence-corrected chi connectivity index (χ3v) is 11.3. The summed E-state index contributed by atoms with van der Waals surface area (Å²) in [6.45, 7) is 0. The largest absolute Gasteiger partial charge is 0.456 e. The first-order valence-electron chi connectivity index (χ1n) is 19.4. The zero-order valence-corrected chi connectivity index (χ0v) is 31.1. The number of para-hydroxylation sites is 2. The molecule has 5 heteroatoms. The van der Waals surface area contributed by atoms with Crippen molar-refractivity contribution in [3.63, 3.8) is 0 Å². The van der Waals surface area contributed by atoms with E-state index in [-0.39, 0.29) is 0 Å². The molecule has 0 saturated carbocycles. The fourth-order valence-corrected chi connectivity index (χ4v) is 8.50. The van der Waals surface area contributed by atoms with E-state index in [4.69, 9.17) is 23.8 Å². The van der Waals surface area contributed by atoms with Crippen LogP contribution in [0, 0.1) is 0 Å². The second kappa shape index (κ2) is 12.8. The summed E-state index contributed by atoms with van der Waals surface area (Å²) in [5.41, 5.74) is 10.4. The lowest BCUT2D eigenvalue weighted by molar-refractivity contribution is 0.669. The smallest absolute Gasteiger partial charge is 0.164 e. The second-order valence-electron chi connectivity index (χ2n) is 14.7. The van der Waals surface area contributed by atoms with Crippen molar-refractivity contribution in [1.82, 2.24) is 15.0 Å². The molecule has 58 heavy (non-hydrogen) atoms. The summed E-state index contributed by atoms with van der Waals surface area (Å²) in [7, 11) is 0. The minimum Gasteiger partial charge on any atom is -0.456 e. The molecule has 3 heterocycles. The van der Waals surface area contributed by atoms with Gasteiger partial charge < -0.3 is 8.83 Å². The number of benzene rings is 9. The first-order chi connectivity index (χ1) is 28.7. The van der Waals surface area contributed by atoms with E-state index in [1.807, 2.05) is 60.7 Å². The Morgan fingerprint density at radius 2 is 0.879 bits per heavy atom. The van der Waals surface area contributed by atoms with Gasteiger partial charge in [-0.1, -0.05) is 158 Å². The number of rotatable bonds is 5. The van der Waals surface area contributed by atoms with Crippen LogP contribution in [0.2, 0.25) is 0 Å². The van der Waals surface area contributed by atoms with Crippen molar-refractivity contribution < 1.29 is 8.83 Å². The van der Waals surface area contributed by atoms with Gasteiger partial charge in [0.05, 0.1) is 0 Å². The van der Waals surface area contributed by atoms with E-state index in [2.05, 4.69) is 127 Å². The van der Waals surface area contributed by atoms with Gasteiger partial charge >= 0.3 is 0 Å². The van der Waals surface area contributed by atoms with Gasteiger partial charge in [-0.05, 0) is 68.6 Å². The molecule has 9 aromatic carbocycles. The molecule has 0 atom stereocenters. The lowest BCUT2D eigenvalue weighted by atomic mass is 9.96. The van der Waals surface area contributed by atoms with Crippen molar-refractivity contribution in [3.05, 3.63) is 188 Å². The van der Waals surface area contributed by atoms with Crippen LogP contribution in [0.3, 0.4) is 0 Å². The van der Waals surface area contributed by atoms with E-state index in [0.717, 1.165) is 82.8 Å². The average molecular weight is 742 g/mol. The van der Waals surface area contributed by atoms with E-state index in [0.29, 0.717) is 17.5 Å². The highest BCUT2D eigenvalue weighted by Gasteiger charge is 2.19. The first-order valence-corrected chi connectivity index (χ1v) is 19.4. The van der Waals surface area contributed by atoms with Gasteiger partial charge in [0.15, 0.2) is 17.5 Å². The van der Waals surface area contributed by atoms with E-state index in [1.165, 1.54) is 21.5 Å². The average Bonchev–Trinajstić information content (AvgIpc) is 3.87. The number of fused-ring (bicyclic) bond motifs is 9. The van der Waals surface area contributed by atoms with Gasteiger partial charge in [0, 0.05) is 43.8 Å². The zero-order chi connectivity index (χ0) is 38.2. The van der Waals surface area contributed by atoms with E-state index >= 15 is 0 Å². The van der Waals surface area contributed by atoms with Crippen LogP contribution < -0.4 is 0 Å². The maximum absolute atomic E-state index is 6.48. The highest BCUT2D eigenvalue weighted by atomic mass is 16.3. The van der Waals surface area contributed by atoms with Crippen molar-refractivity contribution in [2.45, 2.75) is 0 Å². The van der Waals surface area contributed by atoms with Crippen LogP contribution in [-0.4, -0.2) is 15.0 Å². The molecule has 0 spiro atoms. The molecule has 12 aromatic rings. The molecule has 0 saturated heterocycles. The molecule has 0 unspecified atom stereocenters. The highest BCUT2D eigenvalue weighted by Crippen LogP contribution is 2.40. The Bertz CT molecular complexity index is 3570.